The molecule has 44 heavy (non-hydrogen) atoms. The normalized spacial score (nSPS) is 21.8. The summed E-state index contributed by atoms with van der Waals surface area (Å²) in [6, 6.07) is 9.31. The molecule has 1 heterocycles. The van der Waals surface area contributed by atoms with Crippen molar-refractivity contribution in [2.45, 2.75) is 43.2 Å². The number of carbonyl (C=O) groups is 4. The molecule has 1 aliphatic carbocycles. The lowest BCUT2D eigenvalue weighted by Crippen LogP contribution is -2.56. The third-order valence-corrected chi connectivity index (χ3v) is 8.08. The molecule has 4 rings (SSSR count). The lowest BCUT2D eigenvalue weighted by Gasteiger charge is -2.38. The van der Waals surface area contributed by atoms with Crippen LogP contribution in [0.25, 0.3) is 0 Å². The number of carbonyl (C=O) groups excluding carboxylic acids is 4. The number of hydrogen-bond acceptors (Lipinski definition) is 8. The molecular formula is C31H36F2N4O7. The zero-order valence-corrected chi connectivity index (χ0v) is 24.8. The van der Waals surface area contributed by atoms with E-state index >= 15 is 0 Å². The monoisotopic (exact) mass is 614 g/mol. The van der Waals surface area contributed by atoms with Crippen LogP contribution in [0.4, 0.5) is 18.4 Å². The number of amides is 4. The standard InChI is InChI=1S/C31H36F2N4O7/c1-42-18-24-25(27(38)43-2)26(19-9-10-22(32)23(33)17-19)37(30(41)36-24)29(40)35-16-15-34-21-11-13-31(14-12-21,28(39)44-3)20-7-5-4-6-8-20/h4-10,17,21,26,34H,11-16,18H2,1-3H3,(H,35,40)(H,36,41). The molecule has 236 valence electrons. The van der Waals surface area contributed by atoms with Crippen LogP contribution in [-0.2, 0) is 29.2 Å². The number of nitrogens with zero attached hydrogens (tertiary/aromatic N) is 1. The van der Waals surface area contributed by atoms with Gasteiger partial charge in [-0.3, -0.25) is 4.79 Å². The van der Waals surface area contributed by atoms with Gasteiger partial charge in [0.1, 0.15) is 6.04 Å². The highest BCUT2D eigenvalue weighted by Crippen LogP contribution is 2.40. The van der Waals surface area contributed by atoms with Gasteiger partial charge in [-0.15, -0.1) is 0 Å². The van der Waals surface area contributed by atoms with Gasteiger partial charge in [0.05, 0.1) is 37.5 Å². The molecule has 1 fully saturated rings. The van der Waals surface area contributed by atoms with Crippen molar-refractivity contribution in [3.05, 3.63) is 82.6 Å². The number of halogens is 2. The molecule has 1 unspecified atom stereocenters. The molecule has 4 amide bonds. The Bertz CT molecular complexity index is 1410. The van der Waals surface area contributed by atoms with E-state index in [9.17, 15) is 28.0 Å². The van der Waals surface area contributed by atoms with Crippen molar-refractivity contribution in [3.8, 4) is 0 Å². The maximum Gasteiger partial charge on any atom is 0.338 e. The summed E-state index contributed by atoms with van der Waals surface area (Å²) in [6.45, 7) is 0.234. The van der Waals surface area contributed by atoms with Crippen LogP contribution in [0.1, 0.15) is 42.9 Å². The van der Waals surface area contributed by atoms with Gasteiger partial charge in [0.15, 0.2) is 11.6 Å². The molecule has 1 saturated carbocycles. The molecule has 2 aromatic carbocycles. The second-order valence-electron chi connectivity index (χ2n) is 10.6. The van der Waals surface area contributed by atoms with E-state index in [2.05, 4.69) is 16.0 Å². The molecule has 1 atom stereocenters. The van der Waals surface area contributed by atoms with Crippen molar-refractivity contribution in [1.29, 1.82) is 0 Å². The molecule has 1 aliphatic heterocycles. The third kappa shape index (κ3) is 6.73. The van der Waals surface area contributed by atoms with Crippen molar-refractivity contribution in [2.75, 3.05) is 41.0 Å². The molecule has 2 aliphatic rings. The van der Waals surface area contributed by atoms with Crippen LogP contribution in [-0.4, -0.2) is 76.0 Å². The Hall–Kier alpha value is -4.36. The number of methoxy groups -OCH3 is 3. The van der Waals surface area contributed by atoms with E-state index in [0.717, 1.165) is 29.7 Å². The van der Waals surface area contributed by atoms with Crippen molar-refractivity contribution >= 4 is 24.0 Å². The van der Waals surface area contributed by atoms with Crippen LogP contribution in [0.2, 0.25) is 0 Å². The second kappa shape index (κ2) is 14.4. The van der Waals surface area contributed by atoms with Crippen LogP contribution >= 0.6 is 0 Å². The van der Waals surface area contributed by atoms with Crippen LogP contribution in [0.3, 0.4) is 0 Å². The number of rotatable bonds is 10. The summed E-state index contributed by atoms with van der Waals surface area (Å²) < 4.78 is 43.2. The van der Waals surface area contributed by atoms with Gasteiger partial charge in [0.2, 0.25) is 0 Å². The summed E-state index contributed by atoms with van der Waals surface area (Å²) in [6.07, 6.45) is 2.56. The predicted molar refractivity (Wildman–Crippen MR) is 154 cm³/mol. The van der Waals surface area contributed by atoms with Crippen molar-refractivity contribution < 1.29 is 42.2 Å². The zero-order chi connectivity index (χ0) is 31.9. The van der Waals surface area contributed by atoms with Crippen LogP contribution in [0.15, 0.2) is 59.8 Å². The highest BCUT2D eigenvalue weighted by Gasteiger charge is 2.45. The molecule has 3 N–H and O–H groups in total. The predicted octanol–water partition coefficient (Wildman–Crippen LogP) is 3.46. The summed E-state index contributed by atoms with van der Waals surface area (Å²) in [5.41, 5.74) is 0.0482. The molecule has 0 bridgehead atoms. The second-order valence-corrected chi connectivity index (χ2v) is 10.6. The minimum Gasteiger partial charge on any atom is -0.468 e. The first-order valence-electron chi connectivity index (χ1n) is 14.2. The van der Waals surface area contributed by atoms with Gasteiger partial charge < -0.3 is 30.2 Å². The minimum atomic E-state index is -1.42. The largest absolute Gasteiger partial charge is 0.468 e. The average Bonchev–Trinajstić information content (AvgIpc) is 3.04. The minimum absolute atomic E-state index is 0.0178. The van der Waals surface area contributed by atoms with Gasteiger partial charge >= 0.3 is 24.0 Å². The smallest absolute Gasteiger partial charge is 0.338 e. The van der Waals surface area contributed by atoms with Crippen LogP contribution in [0.5, 0.6) is 0 Å². The van der Waals surface area contributed by atoms with Crippen molar-refractivity contribution in [1.82, 2.24) is 20.9 Å². The number of nitrogens with one attached hydrogen (secondary N) is 3. The summed E-state index contributed by atoms with van der Waals surface area (Å²) in [4.78, 5) is 52.9. The van der Waals surface area contributed by atoms with E-state index in [4.69, 9.17) is 14.2 Å². The van der Waals surface area contributed by atoms with Gasteiger partial charge in [-0.25, -0.2) is 28.1 Å². The Balaban J connectivity index is 1.44. The number of hydrogen-bond donors (Lipinski definition) is 3. The topological polar surface area (TPSA) is 135 Å². The fraction of sp³-hybridized carbons (Fsp3) is 0.419. The highest BCUT2D eigenvalue weighted by atomic mass is 19.2. The Morgan fingerprint density at radius 1 is 0.977 bits per heavy atom. The molecule has 13 heteroatoms. The average molecular weight is 615 g/mol. The van der Waals surface area contributed by atoms with E-state index in [1.165, 1.54) is 20.3 Å². The van der Waals surface area contributed by atoms with Gasteiger partial charge in [0.25, 0.3) is 0 Å². The number of benzene rings is 2. The van der Waals surface area contributed by atoms with Crippen LogP contribution < -0.4 is 16.0 Å². The molecule has 2 aromatic rings. The first kappa shape index (κ1) is 32.6. The molecule has 11 nitrogen and oxygen atoms in total. The van der Waals surface area contributed by atoms with E-state index in [1.807, 2.05) is 30.3 Å². The summed E-state index contributed by atoms with van der Waals surface area (Å²) >= 11 is 0. The Morgan fingerprint density at radius 2 is 1.68 bits per heavy atom. The van der Waals surface area contributed by atoms with Gasteiger partial charge in [-0.2, -0.15) is 0 Å². The van der Waals surface area contributed by atoms with Crippen LogP contribution in [0, 0.1) is 11.6 Å². The van der Waals surface area contributed by atoms with Gasteiger partial charge in [-0.05, 0) is 48.9 Å². The van der Waals surface area contributed by atoms with E-state index in [-0.39, 0.29) is 42.0 Å². The maximum absolute atomic E-state index is 14.3. The zero-order valence-electron chi connectivity index (χ0n) is 24.8. The summed E-state index contributed by atoms with van der Waals surface area (Å²) in [5, 5.41) is 8.51. The lowest BCUT2D eigenvalue weighted by molar-refractivity contribution is -0.149. The number of urea groups is 2. The fourth-order valence-electron chi connectivity index (χ4n) is 5.89. The molecular weight excluding hydrogens is 578 g/mol. The number of imide groups is 1. The van der Waals surface area contributed by atoms with E-state index < -0.39 is 41.1 Å². The van der Waals surface area contributed by atoms with Crippen molar-refractivity contribution in [3.63, 3.8) is 0 Å². The first-order chi connectivity index (χ1) is 21.2. The molecule has 0 saturated heterocycles. The molecule has 0 spiro atoms. The quantitative estimate of drug-likeness (QED) is 0.274. The number of esters is 2. The maximum atomic E-state index is 14.3. The SMILES string of the molecule is COCC1=C(C(=O)OC)C(c2ccc(F)c(F)c2)N(C(=O)NCCNC2CCC(C(=O)OC)(c3ccccc3)CC2)C(=O)N1. The summed E-state index contributed by atoms with van der Waals surface area (Å²) in [5.74, 6) is -3.50. The van der Waals surface area contributed by atoms with E-state index in [1.54, 1.807) is 0 Å². The van der Waals surface area contributed by atoms with E-state index in [0.29, 0.717) is 32.2 Å². The molecule has 0 radical (unpaired) electrons. The first-order valence-corrected chi connectivity index (χ1v) is 14.2. The lowest BCUT2D eigenvalue weighted by atomic mass is 9.68. The number of ether oxygens (including phenoxy) is 3. The third-order valence-electron chi connectivity index (χ3n) is 8.08. The Labute approximate surface area is 253 Å². The Morgan fingerprint density at radius 3 is 2.30 bits per heavy atom. The van der Waals surface area contributed by atoms with Gasteiger partial charge in [-0.1, -0.05) is 36.4 Å². The highest BCUT2D eigenvalue weighted by molar-refractivity contribution is 6.01. The van der Waals surface area contributed by atoms with Gasteiger partial charge in [0, 0.05) is 26.2 Å². The Kier molecular flexibility index (Phi) is 10.7. The summed E-state index contributed by atoms with van der Waals surface area (Å²) in [7, 11) is 3.85. The fourth-order valence-corrected chi connectivity index (χ4v) is 5.89. The molecule has 0 aromatic heterocycles. The van der Waals surface area contributed by atoms with Crippen molar-refractivity contribution in [2.24, 2.45) is 0 Å².